The summed E-state index contributed by atoms with van der Waals surface area (Å²) in [4.78, 5) is 24.2. The van der Waals surface area contributed by atoms with Crippen molar-refractivity contribution in [1.29, 1.82) is 0 Å². The third kappa shape index (κ3) is 4.47. The van der Waals surface area contributed by atoms with Crippen LogP contribution in [0.5, 0.6) is 0 Å². The van der Waals surface area contributed by atoms with Crippen molar-refractivity contribution >= 4 is 11.9 Å². The molecule has 0 aliphatic carbocycles. The predicted octanol–water partition coefficient (Wildman–Crippen LogP) is 3.03. The summed E-state index contributed by atoms with van der Waals surface area (Å²) in [5, 5.41) is 8.74. The first-order valence-corrected chi connectivity index (χ1v) is 6.36. The molecule has 0 radical (unpaired) electrons. The molecule has 0 aromatic heterocycles. The third-order valence-corrected chi connectivity index (χ3v) is 3.04. The Balaban J connectivity index is 3.03. The Hall–Kier alpha value is -2.05. The lowest BCUT2D eigenvalue weighted by atomic mass is 10.1. The van der Waals surface area contributed by atoms with E-state index in [0.717, 1.165) is 18.2 Å². The zero-order chi connectivity index (χ0) is 16.2. The summed E-state index contributed by atoms with van der Waals surface area (Å²) in [5.74, 6) is -1.69. The van der Waals surface area contributed by atoms with Gasteiger partial charge in [-0.3, -0.25) is 9.59 Å². The van der Waals surface area contributed by atoms with Gasteiger partial charge < -0.3 is 10.0 Å². The highest BCUT2D eigenvalue weighted by molar-refractivity contribution is 5.94. The summed E-state index contributed by atoms with van der Waals surface area (Å²) in [6.45, 7) is 3.40. The topological polar surface area (TPSA) is 57.6 Å². The van der Waals surface area contributed by atoms with E-state index < -0.39 is 29.7 Å². The van der Waals surface area contributed by atoms with Crippen molar-refractivity contribution in [2.24, 2.45) is 0 Å². The van der Waals surface area contributed by atoms with E-state index in [1.54, 1.807) is 13.8 Å². The largest absolute Gasteiger partial charge is 0.481 e. The molecule has 0 saturated carbocycles. The molecule has 0 bridgehead atoms. The standard InChI is InChI=1S/C14H16F3NO3/c1-3-18(9(2)7-12(19)20)13(21)10-5-4-6-11(8-10)14(15,16)17/h4-6,8-9H,3,7H2,1-2H3,(H,19,20). The number of alkyl halides is 3. The van der Waals surface area contributed by atoms with Gasteiger partial charge in [0.2, 0.25) is 0 Å². The number of rotatable bonds is 5. The van der Waals surface area contributed by atoms with Crippen LogP contribution < -0.4 is 0 Å². The minimum absolute atomic E-state index is 0.107. The van der Waals surface area contributed by atoms with Crippen LogP contribution in [0.4, 0.5) is 13.2 Å². The Kier molecular flexibility index (Phi) is 5.34. The van der Waals surface area contributed by atoms with Gasteiger partial charge in [0, 0.05) is 18.2 Å². The lowest BCUT2D eigenvalue weighted by molar-refractivity contribution is -0.138. The van der Waals surface area contributed by atoms with E-state index in [4.69, 9.17) is 5.11 Å². The molecular weight excluding hydrogens is 287 g/mol. The van der Waals surface area contributed by atoms with Crippen LogP contribution in [-0.4, -0.2) is 34.5 Å². The van der Waals surface area contributed by atoms with Gasteiger partial charge in [-0.25, -0.2) is 0 Å². The molecule has 1 aromatic carbocycles. The summed E-state index contributed by atoms with van der Waals surface area (Å²) in [5.41, 5.74) is -1.01. The molecule has 1 unspecified atom stereocenters. The smallest absolute Gasteiger partial charge is 0.416 e. The molecule has 0 fully saturated rings. The van der Waals surface area contributed by atoms with E-state index in [2.05, 4.69) is 0 Å². The Morgan fingerprint density at radius 1 is 1.33 bits per heavy atom. The van der Waals surface area contributed by atoms with E-state index in [1.165, 1.54) is 11.0 Å². The summed E-state index contributed by atoms with van der Waals surface area (Å²) in [6.07, 6.45) is -4.79. The van der Waals surface area contributed by atoms with Crippen molar-refractivity contribution in [1.82, 2.24) is 4.90 Å². The first kappa shape index (κ1) is 17.0. The van der Waals surface area contributed by atoms with Crippen LogP contribution in [0.25, 0.3) is 0 Å². The Morgan fingerprint density at radius 3 is 2.43 bits per heavy atom. The van der Waals surface area contributed by atoms with E-state index in [1.807, 2.05) is 0 Å². The van der Waals surface area contributed by atoms with Crippen LogP contribution in [0.1, 0.15) is 36.2 Å². The van der Waals surface area contributed by atoms with E-state index in [-0.39, 0.29) is 18.5 Å². The van der Waals surface area contributed by atoms with Crippen molar-refractivity contribution in [3.63, 3.8) is 0 Å². The van der Waals surface area contributed by atoms with Crippen LogP contribution in [-0.2, 0) is 11.0 Å². The lowest BCUT2D eigenvalue weighted by Crippen LogP contribution is -2.39. The normalized spacial score (nSPS) is 12.8. The summed E-state index contributed by atoms with van der Waals surface area (Å²) < 4.78 is 37.9. The highest BCUT2D eigenvalue weighted by Crippen LogP contribution is 2.29. The minimum Gasteiger partial charge on any atom is -0.481 e. The van der Waals surface area contributed by atoms with Crippen molar-refractivity contribution in [3.05, 3.63) is 35.4 Å². The quantitative estimate of drug-likeness (QED) is 0.909. The predicted molar refractivity (Wildman–Crippen MR) is 69.9 cm³/mol. The maximum Gasteiger partial charge on any atom is 0.416 e. The fourth-order valence-corrected chi connectivity index (χ4v) is 2.01. The molecule has 116 valence electrons. The highest BCUT2D eigenvalue weighted by atomic mass is 19.4. The Bertz CT molecular complexity index is 528. The van der Waals surface area contributed by atoms with Gasteiger partial charge in [-0.1, -0.05) is 6.07 Å². The second-order valence-electron chi connectivity index (χ2n) is 4.62. The van der Waals surface area contributed by atoms with Crippen LogP contribution in [0.3, 0.4) is 0 Å². The molecule has 1 N–H and O–H groups in total. The minimum atomic E-state index is -4.53. The Morgan fingerprint density at radius 2 is 1.95 bits per heavy atom. The van der Waals surface area contributed by atoms with Gasteiger partial charge in [0.1, 0.15) is 0 Å². The monoisotopic (exact) mass is 303 g/mol. The van der Waals surface area contributed by atoms with E-state index >= 15 is 0 Å². The number of carboxylic acid groups (broad SMARTS) is 1. The van der Waals surface area contributed by atoms with Crippen molar-refractivity contribution in [2.45, 2.75) is 32.5 Å². The third-order valence-electron chi connectivity index (χ3n) is 3.04. The van der Waals surface area contributed by atoms with E-state index in [9.17, 15) is 22.8 Å². The lowest BCUT2D eigenvalue weighted by Gasteiger charge is -2.27. The fraction of sp³-hybridized carbons (Fsp3) is 0.429. The molecule has 0 spiro atoms. The zero-order valence-electron chi connectivity index (χ0n) is 11.6. The number of hydrogen-bond acceptors (Lipinski definition) is 2. The number of carbonyl (C=O) groups excluding carboxylic acids is 1. The second kappa shape index (κ2) is 6.60. The van der Waals surface area contributed by atoms with Gasteiger partial charge in [0.15, 0.2) is 0 Å². The molecule has 0 aliphatic rings. The molecule has 1 aromatic rings. The molecule has 1 amide bonds. The maximum atomic E-state index is 12.6. The van der Waals surface area contributed by atoms with Crippen molar-refractivity contribution in [3.8, 4) is 0 Å². The van der Waals surface area contributed by atoms with Gasteiger partial charge in [0.05, 0.1) is 12.0 Å². The summed E-state index contributed by atoms with van der Waals surface area (Å²) in [6, 6.07) is 3.50. The first-order chi connectivity index (χ1) is 9.66. The number of nitrogens with zero attached hydrogens (tertiary/aromatic N) is 1. The van der Waals surface area contributed by atoms with Gasteiger partial charge >= 0.3 is 12.1 Å². The van der Waals surface area contributed by atoms with Crippen LogP contribution in [0.15, 0.2) is 24.3 Å². The number of aliphatic carboxylic acids is 1. The average molecular weight is 303 g/mol. The fourth-order valence-electron chi connectivity index (χ4n) is 2.01. The molecule has 0 saturated heterocycles. The van der Waals surface area contributed by atoms with Crippen LogP contribution in [0, 0.1) is 0 Å². The van der Waals surface area contributed by atoms with Gasteiger partial charge in [0.25, 0.3) is 5.91 Å². The molecule has 1 atom stereocenters. The number of amides is 1. The van der Waals surface area contributed by atoms with Gasteiger partial charge in [-0.15, -0.1) is 0 Å². The SMILES string of the molecule is CCN(C(=O)c1cccc(C(F)(F)F)c1)C(C)CC(=O)O. The van der Waals surface area contributed by atoms with Gasteiger partial charge in [-0.2, -0.15) is 13.2 Å². The van der Waals surface area contributed by atoms with E-state index in [0.29, 0.717) is 0 Å². The Labute approximate surface area is 120 Å². The first-order valence-electron chi connectivity index (χ1n) is 6.36. The van der Waals surface area contributed by atoms with Crippen molar-refractivity contribution in [2.75, 3.05) is 6.54 Å². The summed E-state index contributed by atoms with van der Waals surface area (Å²) >= 11 is 0. The summed E-state index contributed by atoms with van der Waals surface area (Å²) in [7, 11) is 0. The molecule has 21 heavy (non-hydrogen) atoms. The number of halogens is 3. The molecule has 1 rings (SSSR count). The second-order valence-corrected chi connectivity index (χ2v) is 4.62. The highest BCUT2D eigenvalue weighted by Gasteiger charge is 2.31. The van der Waals surface area contributed by atoms with Gasteiger partial charge in [-0.05, 0) is 32.0 Å². The molecule has 0 heterocycles. The average Bonchev–Trinajstić information content (AvgIpc) is 2.37. The number of hydrogen-bond donors (Lipinski definition) is 1. The zero-order valence-corrected chi connectivity index (χ0v) is 11.6. The van der Waals surface area contributed by atoms with Crippen molar-refractivity contribution < 1.29 is 27.9 Å². The molecular formula is C14H16F3NO3. The molecule has 0 aliphatic heterocycles. The van der Waals surface area contributed by atoms with Crippen LogP contribution in [0.2, 0.25) is 0 Å². The molecule has 7 heteroatoms. The number of benzene rings is 1. The number of carboxylic acids is 1. The van der Waals surface area contributed by atoms with Crippen LogP contribution >= 0.6 is 0 Å². The maximum absolute atomic E-state index is 12.6. The molecule has 4 nitrogen and oxygen atoms in total. The number of carbonyl (C=O) groups is 2.